The number of hydrogen-bond donors (Lipinski definition) is 0. The van der Waals surface area contributed by atoms with Crippen LogP contribution in [0.25, 0.3) is 0 Å². The number of aryl methyl sites for hydroxylation is 1. The Morgan fingerprint density at radius 2 is 2.45 bits per heavy atom. The molecule has 0 aliphatic carbocycles. The minimum atomic E-state index is 0.931. The van der Waals surface area contributed by atoms with E-state index in [2.05, 4.69) is 5.10 Å². The van der Waals surface area contributed by atoms with E-state index in [1.807, 2.05) is 17.9 Å². The Labute approximate surface area is 70.7 Å². The predicted molar refractivity (Wildman–Crippen MR) is 44.7 cm³/mol. The summed E-state index contributed by atoms with van der Waals surface area (Å²) in [5.41, 5.74) is 2.31. The van der Waals surface area contributed by atoms with E-state index in [1.165, 1.54) is 5.69 Å². The molecular formula is C7H10ClN3. The smallest absolute Gasteiger partial charge is 0.0934 e. The molecule has 0 atom stereocenters. The van der Waals surface area contributed by atoms with Crippen LogP contribution in [0, 0.1) is 0 Å². The van der Waals surface area contributed by atoms with Crippen LogP contribution in [-0.2, 0) is 13.5 Å². The highest BCUT2D eigenvalue weighted by Gasteiger charge is 2.18. The van der Waals surface area contributed by atoms with Crippen LogP contribution in [0.3, 0.4) is 0 Å². The number of fused-ring (bicyclic) bond motifs is 1. The largest absolute Gasteiger partial charge is 0.282 e. The molecule has 0 fully saturated rings. The average Bonchev–Trinajstić information content (AvgIpc) is 2.35. The second kappa shape index (κ2) is 2.41. The quantitative estimate of drug-likeness (QED) is 0.550. The molecule has 4 heteroatoms. The Balaban J connectivity index is 2.46. The summed E-state index contributed by atoms with van der Waals surface area (Å²) in [4.78, 5) is 0. The second-order valence-corrected chi connectivity index (χ2v) is 3.20. The van der Waals surface area contributed by atoms with Gasteiger partial charge in [0.25, 0.3) is 0 Å². The Morgan fingerprint density at radius 3 is 3.18 bits per heavy atom. The highest BCUT2D eigenvalue weighted by atomic mass is 35.5. The second-order valence-electron chi connectivity index (χ2n) is 2.79. The molecule has 0 N–H and O–H groups in total. The first-order chi connectivity index (χ1) is 5.29. The summed E-state index contributed by atoms with van der Waals surface area (Å²) in [6.45, 7) is 0.931. The van der Waals surface area contributed by atoms with E-state index < -0.39 is 0 Å². The molecule has 2 heterocycles. The Morgan fingerprint density at radius 1 is 1.64 bits per heavy atom. The van der Waals surface area contributed by atoms with Crippen molar-refractivity contribution in [3.8, 4) is 0 Å². The molecule has 0 spiro atoms. The SMILES string of the molecule is Cn1ncc2c1CCCN2Cl. The summed E-state index contributed by atoms with van der Waals surface area (Å²) in [6, 6.07) is 0. The maximum atomic E-state index is 5.94. The molecule has 1 aliphatic rings. The molecule has 11 heavy (non-hydrogen) atoms. The molecule has 3 nitrogen and oxygen atoms in total. The van der Waals surface area contributed by atoms with Crippen LogP contribution < -0.4 is 4.42 Å². The highest BCUT2D eigenvalue weighted by molar-refractivity contribution is 6.25. The van der Waals surface area contributed by atoms with Crippen LogP contribution in [0.4, 0.5) is 5.69 Å². The van der Waals surface area contributed by atoms with Gasteiger partial charge in [0.05, 0.1) is 17.6 Å². The highest BCUT2D eigenvalue weighted by Crippen LogP contribution is 2.27. The van der Waals surface area contributed by atoms with Crippen molar-refractivity contribution in [3.63, 3.8) is 0 Å². The summed E-state index contributed by atoms with van der Waals surface area (Å²) >= 11 is 5.94. The molecule has 0 aromatic carbocycles. The van der Waals surface area contributed by atoms with Crippen molar-refractivity contribution in [2.24, 2.45) is 7.05 Å². The lowest BCUT2D eigenvalue weighted by Crippen LogP contribution is -2.19. The summed E-state index contributed by atoms with van der Waals surface area (Å²) in [7, 11) is 1.95. The Hall–Kier alpha value is -0.700. The number of rotatable bonds is 0. The molecule has 1 aromatic heterocycles. The lowest BCUT2D eigenvalue weighted by Gasteiger charge is -2.20. The zero-order chi connectivity index (χ0) is 7.84. The Kier molecular flexibility index (Phi) is 1.53. The molecule has 0 radical (unpaired) electrons. The third kappa shape index (κ3) is 0.997. The van der Waals surface area contributed by atoms with Crippen LogP contribution in [0.2, 0.25) is 0 Å². The maximum Gasteiger partial charge on any atom is 0.0934 e. The minimum absolute atomic E-state index is 0.931. The number of nitrogens with zero attached hydrogens (tertiary/aromatic N) is 3. The van der Waals surface area contributed by atoms with Gasteiger partial charge >= 0.3 is 0 Å². The van der Waals surface area contributed by atoms with E-state index in [-0.39, 0.29) is 0 Å². The lowest BCUT2D eigenvalue weighted by atomic mass is 10.1. The van der Waals surface area contributed by atoms with E-state index >= 15 is 0 Å². The molecule has 0 unspecified atom stereocenters. The van der Waals surface area contributed by atoms with Crippen molar-refractivity contribution in [1.29, 1.82) is 0 Å². The van der Waals surface area contributed by atoms with Crippen molar-refractivity contribution in [2.75, 3.05) is 11.0 Å². The van der Waals surface area contributed by atoms with Gasteiger partial charge in [0.1, 0.15) is 0 Å². The van der Waals surface area contributed by atoms with E-state index in [0.717, 1.165) is 25.1 Å². The van der Waals surface area contributed by atoms with E-state index in [1.54, 1.807) is 4.42 Å². The van der Waals surface area contributed by atoms with Crippen molar-refractivity contribution in [2.45, 2.75) is 12.8 Å². The normalized spacial score (nSPS) is 16.7. The molecular weight excluding hydrogens is 162 g/mol. The first kappa shape index (κ1) is 6.98. The number of aromatic nitrogens is 2. The fourth-order valence-electron chi connectivity index (χ4n) is 1.45. The predicted octanol–water partition coefficient (Wildman–Crippen LogP) is 1.33. The zero-order valence-corrected chi connectivity index (χ0v) is 7.17. The van der Waals surface area contributed by atoms with Gasteiger partial charge in [-0.05, 0) is 12.8 Å². The van der Waals surface area contributed by atoms with Gasteiger partial charge in [-0.15, -0.1) is 0 Å². The third-order valence-corrected chi connectivity index (χ3v) is 2.42. The van der Waals surface area contributed by atoms with E-state index in [0.29, 0.717) is 0 Å². The summed E-state index contributed by atoms with van der Waals surface area (Å²) in [5, 5.41) is 4.14. The number of halogens is 1. The third-order valence-electron chi connectivity index (χ3n) is 2.07. The molecule has 1 aromatic rings. The first-order valence-electron chi connectivity index (χ1n) is 3.73. The van der Waals surface area contributed by atoms with Crippen molar-refractivity contribution in [3.05, 3.63) is 11.9 Å². The zero-order valence-electron chi connectivity index (χ0n) is 6.42. The topological polar surface area (TPSA) is 21.1 Å². The fraction of sp³-hybridized carbons (Fsp3) is 0.571. The van der Waals surface area contributed by atoms with Crippen molar-refractivity contribution >= 4 is 17.5 Å². The van der Waals surface area contributed by atoms with E-state index in [4.69, 9.17) is 11.8 Å². The van der Waals surface area contributed by atoms with Gasteiger partial charge in [-0.25, -0.2) is 0 Å². The molecule has 0 saturated carbocycles. The molecule has 0 saturated heterocycles. The van der Waals surface area contributed by atoms with E-state index in [9.17, 15) is 0 Å². The van der Waals surface area contributed by atoms with Gasteiger partial charge in [-0.1, -0.05) is 0 Å². The molecule has 0 amide bonds. The van der Waals surface area contributed by atoms with Gasteiger partial charge in [-0.3, -0.25) is 9.10 Å². The summed E-state index contributed by atoms with van der Waals surface area (Å²) in [5.74, 6) is 0. The standard InChI is InChI=1S/C7H10ClN3/c1-10-6-3-2-4-11(8)7(6)5-9-10/h5H,2-4H2,1H3. The van der Waals surface area contributed by atoms with Crippen LogP contribution in [0.15, 0.2) is 6.20 Å². The molecule has 60 valence electrons. The van der Waals surface area contributed by atoms with Gasteiger partial charge in [0.15, 0.2) is 0 Å². The average molecular weight is 172 g/mol. The fourth-order valence-corrected chi connectivity index (χ4v) is 1.71. The number of hydrogen-bond acceptors (Lipinski definition) is 2. The first-order valence-corrected chi connectivity index (χ1v) is 4.07. The van der Waals surface area contributed by atoms with Crippen LogP contribution in [0.1, 0.15) is 12.1 Å². The molecule has 2 rings (SSSR count). The minimum Gasteiger partial charge on any atom is -0.282 e. The van der Waals surface area contributed by atoms with Crippen LogP contribution in [-0.4, -0.2) is 16.3 Å². The molecule has 1 aliphatic heterocycles. The van der Waals surface area contributed by atoms with Gasteiger partial charge in [-0.2, -0.15) is 5.10 Å². The van der Waals surface area contributed by atoms with Crippen molar-refractivity contribution < 1.29 is 0 Å². The lowest BCUT2D eigenvalue weighted by molar-refractivity contribution is 0.672. The van der Waals surface area contributed by atoms with Gasteiger partial charge in [0.2, 0.25) is 0 Å². The summed E-state index contributed by atoms with van der Waals surface area (Å²) < 4.78 is 3.63. The van der Waals surface area contributed by atoms with Crippen LogP contribution >= 0.6 is 11.8 Å². The number of anilines is 1. The van der Waals surface area contributed by atoms with Gasteiger partial charge in [0, 0.05) is 25.4 Å². The van der Waals surface area contributed by atoms with Crippen LogP contribution in [0.5, 0.6) is 0 Å². The van der Waals surface area contributed by atoms with Crippen molar-refractivity contribution in [1.82, 2.24) is 9.78 Å². The maximum absolute atomic E-state index is 5.94. The Bertz CT molecular complexity index is 269. The summed E-state index contributed by atoms with van der Waals surface area (Å²) in [6.07, 6.45) is 4.03. The van der Waals surface area contributed by atoms with Gasteiger partial charge < -0.3 is 0 Å². The molecule has 0 bridgehead atoms. The monoisotopic (exact) mass is 171 g/mol.